The molecule has 0 unspecified atom stereocenters. The molecule has 0 bridgehead atoms. The van der Waals surface area contributed by atoms with E-state index in [4.69, 9.17) is 14.2 Å². The summed E-state index contributed by atoms with van der Waals surface area (Å²) < 4.78 is 15.6. The number of hydrogen-bond acceptors (Lipinski definition) is 5. The number of rotatable bonds is 6. The van der Waals surface area contributed by atoms with Crippen molar-refractivity contribution in [3.8, 4) is 11.5 Å². The van der Waals surface area contributed by atoms with Crippen molar-refractivity contribution in [3.63, 3.8) is 0 Å². The highest BCUT2D eigenvalue weighted by molar-refractivity contribution is 8.68. The third-order valence-corrected chi connectivity index (χ3v) is 2.88. The first-order valence-electron chi connectivity index (χ1n) is 4.43. The second-order valence-corrected chi connectivity index (χ2v) is 3.95. The monoisotopic (exact) mass is 246 g/mol. The zero-order chi connectivity index (χ0) is 11.1. The summed E-state index contributed by atoms with van der Waals surface area (Å²) in [7, 11) is 4.63. The van der Waals surface area contributed by atoms with Gasteiger partial charge in [-0.3, -0.25) is 0 Å². The Hall–Kier alpha value is -0.520. The number of ether oxygens (including phenoxy) is 3. The average Bonchev–Trinajstić information content (AvgIpc) is 2.29. The molecule has 0 aliphatic rings. The van der Waals surface area contributed by atoms with Crippen molar-refractivity contribution in [1.29, 1.82) is 0 Å². The van der Waals surface area contributed by atoms with Gasteiger partial charge in [-0.25, -0.2) is 0 Å². The van der Waals surface area contributed by atoms with Crippen molar-refractivity contribution in [3.05, 3.63) is 18.2 Å². The molecular formula is C10H14O3S2. The molecule has 0 fully saturated rings. The highest BCUT2D eigenvalue weighted by Gasteiger charge is 2.05. The second kappa shape index (κ2) is 6.87. The lowest BCUT2D eigenvalue weighted by Crippen LogP contribution is -2.05. The van der Waals surface area contributed by atoms with E-state index < -0.39 is 0 Å². The second-order valence-electron chi connectivity index (χ2n) is 2.75. The molecule has 0 spiro atoms. The summed E-state index contributed by atoms with van der Waals surface area (Å²) in [6.07, 6.45) is 0. The molecular weight excluding hydrogens is 232 g/mol. The van der Waals surface area contributed by atoms with Crippen molar-refractivity contribution < 1.29 is 14.2 Å². The van der Waals surface area contributed by atoms with E-state index in [1.165, 1.54) is 10.8 Å². The fraction of sp³-hybridized carbons (Fsp3) is 0.400. The van der Waals surface area contributed by atoms with Crippen molar-refractivity contribution in [1.82, 2.24) is 0 Å². The minimum absolute atomic E-state index is 0.514. The molecule has 0 atom stereocenters. The van der Waals surface area contributed by atoms with Gasteiger partial charge in [0, 0.05) is 12.0 Å². The lowest BCUT2D eigenvalue weighted by Gasteiger charge is -2.10. The van der Waals surface area contributed by atoms with Crippen LogP contribution in [0.15, 0.2) is 23.1 Å². The quantitative estimate of drug-likeness (QED) is 0.474. The highest BCUT2D eigenvalue weighted by atomic mass is 33.1. The standard InChI is InChI=1S/C10H14O3S2/c1-11-5-6-13-9-4-3-8(15-14)7-10(9)12-2/h3-4,7,14H,5-6H2,1-2H3. The Bertz CT molecular complexity index is 305. The van der Waals surface area contributed by atoms with Crippen molar-refractivity contribution in [2.45, 2.75) is 4.90 Å². The molecule has 5 heteroatoms. The Labute approximate surface area is 98.9 Å². The van der Waals surface area contributed by atoms with Crippen molar-refractivity contribution in [2.75, 3.05) is 27.4 Å². The van der Waals surface area contributed by atoms with Gasteiger partial charge in [-0.2, -0.15) is 0 Å². The van der Waals surface area contributed by atoms with Crippen LogP contribution in [0.1, 0.15) is 0 Å². The maximum atomic E-state index is 5.48. The van der Waals surface area contributed by atoms with Crippen LogP contribution < -0.4 is 9.47 Å². The minimum atomic E-state index is 0.514. The molecule has 84 valence electrons. The zero-order valence-electron chi connectivity index (χ0n) is 8.73. The molecule has 0 saturated heterocycles. The lowest BCUT2D eigenvalue weighted by atomic mass is 10.3. The Morgan fingerprint density at radius 1 is 1.20 bits per heavy atom. The van der Waals surface area contributed by atoms with Crippen LogP contribution in [0.5, 0.6) is 11.5 Å². The Balaban J connectivity index is 2.69. The molecule has 0 saturated carbocycles. The van der Waals surface area contributed by atoms with Crippen LogP contribution >= 0.6 is 22.5 Å². The molecule has 1 aromatic carbocycles. The average molecular weight is 246 g/mol. The highest BCUT2D eigenvalue weighted by Crippen LogP contribution is 2.33. The fourth-order valence-electron chi connectivity index (χ4n) is 1.06. The van der Waals surface area contributed by atoms with E-state index >= 15 is 0 Å². The molecule has 0 radical (unpaired) electrons. The topological polar surface area (TPSA) is 27.7 Å². The van der Waals surface area contributed by atoms with Gasteiger partial charge in [0.1, 0.15) is 6.61 Å². The largest absolute Gasteiger partial charge is 0.493 e. The summed E-state index contributed by atoms with van der Waals surface area (Å²) >= 11 is 4.12. The van der Waals surface area contributed by atoms with E-state index in [0.717, 1.165) is 10.6 Å². The maximum absolute atomic E-state index is 5.48. The molecule has 0 N–H and O–H groups in total. The smallest absolute Gasteiger partial charge is 0.161 e. The summed E-state index contributed by atoms with van der Waals surface area (Å²) in [5, 5.41) is 0. The van der Waals surface area contributed by atoms with Gasteiger partial charge in [-0.15, -0.1) is 11.7 Å². The number of thiol groups is 1. The fourth-order valence-corrected chi connectivity index (χ4v) is 1.69. The SMILES string of the molecule is COCCOc1ccc(SS)cc1OC. The van der Waals surface area contributed by atoms with Crippen LogP contribution in [-0.4, -0.2) is 27.4 Å². The van der Waals surface area contributed by atoms with Crippen LogP contribution in [-0.2, 0) is 4.74 Å². The molecule has 0 heterocycles. The molecule has 15 heavy (non-hydrogen) atoms. The molecule has 1 aromatic rings. The molecule has 3 nitrogen and oxygen atoms in total. The third kappa shape index (κ3) is 3.85. The van der Waals surface area contributed by atoms with Gasteiger partial charge in [0.25, 0.3) is 0 Å². The summed E-state index contributed by atoms with van der Waals surface area (Å²) in [4.78, 5) is 1.02. The zero-order valence-corrected chi connectivity index (χ0v) is 10.4. The molecule has 0 amide bonds. The van der Waals surface area contributed by atoms with E-state index in [-0.39, 0.29) is 0 Å². The molecule has 0 aromatic heterocycles. The first-order chi connectivity index (χ1) is 7.31. The van der Waals surface area contributed by atoms with Gasteiger partial charge >= 0.3 is 0 Å². The van der Waals surface area contributed by atoms with Gasteiger partial charge in [0.15, 0.2) is 11.5 Å². The Morgan fingerprint density at radius 2 is 2.00 bits per heavy atom. The van der Waals surface area contributed by atoms with E-state index in [2.05, 4.69) is 11.7 Å². The Kier molecular flexibility index (Phi) is 5.75. The van der Waals surface area contributed by atoms with E-state index in [1.54, 1.807) is 14.2 Å². The lowest BCUT2D eigenvalue weighted by molar-refractivity contribution is 0.144. The van der Waals surface area contributed by atoms with Crippen LogP contribution in [0.2, 0.25) is 0 Å². The summed E-state index contributed by atoms with van der Waals surface area (Å²) in [6, 6.07) is 5.69. The van der Waals surface area contributed by atoms with E-state index in [9.17, 15) is 0 Å². The number of benzene rings is 1. The van der Waals surface area contributed by atoms with Gasteiger partial charge in [0.2, 0.25) is 0 Å². The van der Waals surface area contributed by atoms with Gasteiger partial charge in [-0.05, 0) is 18.2 Å². The number of methoxy groups -OCH3 is 2. The third-order valence-electron chi connectivity index (χ3n) is 1.79. The first-order valence-corrected chi connectivity index (χ1v) is 6.30. The van der Waals surface area contributed by atoms with Gasteiger partial charge in [0.05, 0.1) is 13.7 Å². The molecule has 0 aliphatic carbocycles. The minimum Gasteiger partial charge on any atom is -0.493 e. The summed E-state index contributed by atoms with van der Waals surface area (Å²) in [6.45, 7) is 1.08. The predicted molar refractivity (Wildman–Crippen MR) is 65.2 cm³/mol. The van der Waals surface area contributed by atoms with Crippen molar-refractivity contribution in [2.24, 2.45) is 0 Å². The van der Waals surface area contributed by atoms with E-state index in [0.29, 0.717) is 19.0 Å². The van der Waals surface area contributed by atoms with Crippen LogP contribution in [0.3, 0.4) is 0 Å². The number of hydrogen-bond donors (Lipinski definition) is 1. The molecule has 0 aliphatic heterocycles. The summed E-state index contributed by atoms with van der Waals surface area (Å²) in [5.74, 6) is 1.44. The van der Waals surface area contributed by atoms with E-state index in [1.807, 2.05) is 18.2 Å². The van der Waals surface area contributed by atoms with Gasteiger partial charge in [-0.1, -0.05) is 10.8 Å². The first kappa shape index (κ1) is 12.5. The summed E-state index contributed by atoms with van der Waals surface area (Å²) in [5.41, 5.74) is 0. The van der Waals surface area contributed by atoms with Crippen molar-refractivity contribution >= 4 is 22.5 Å². The van der Waals surface area contributed by atoms with Crippen LogP contribution in [0.25, 0.3) is 0 Å². The van der Waals surface area contributed by atoms with Gasteiger partial charge < -0.3 is 14.2 Å². The van der Waals surface area contributed by atoms with Crippen LogP contribution in [0, 0.1) is 0 Å². The molecule has 1 rings (SSSR count). The maximum Gasteiger partial charge on any atom is 0.161 e. The Morgan fingerprint density at radius 3 is 2.60 bits per heavy atom. The predicted octanol–water partition coefficient (Wildman–Crippen LogP) is 2.66. The normalized spacial score (nSPS) is 10.1. The van der Waals surface area contributed by atoms with Crippen LogP contribution in [0.4, 0.5) is 0 Å².